The van der Waals surface area contributed by atoms with E-state index in [1.54, 1.807) is 0 Å². The van der Waals surface area contributed by atoms with Crippen LogP contribution in [0.3, 0.4) is 0 Å². The van der Waals surface area contributed by atoms with Crippen LogP contribution in [0.15, 0.2) is 16.6 Å². The molecule has 0 amide bonds. The highest BCUT2D eigenvalue weighted by Crippen LogP contribution is 2.21. The Morgan fingerprint density at radius 1 is 1.38 bits per heavy atom. The summed E-state index contributed by atoms with van der Waals surface area (Å²) in [5.41, 5.74) is 0.464. The van der Waals surface area contributed by atoms with E-state index in [1.807, 2.05) is 0 Å². The maximum Gasteiger partial charge on any atom is 0.159 e. The highest BCUT2D eigenvalue weighted by atomic mass is 79.9. The molecule has 1 aromatic carbocycles. The van der Waals surface area contributed by atoms with Crippen molar-refractivity contribution in [1.82, 2.24) is 0 Å². The maximum atomic E-state index is 12.7. The molecular weight excluding hydrogens is 242 g/mol. The van der Waals surface area contributed by atoms with Crippen LogP contribution in [0.25, 0.3) is 0 Å². The molecule has 0 aromatic heterocycles. The minimum absolute atomic E-state index is 0.0910. The first-order chi connectivity index (χ1) is 6.00. The van der Waals surface area contributed by atoms with Crippen molar-refractivity contribution in [3.8, 4) is 0 Å². The van der Waals surface area contributed by atoms with Gasteiger partial charge in [-0.25, -0.2) is 8.78 Å². The van der Waals surface area contributed by atoms with Gasteiger partial charge in [-0.05, 0) is 24.6 Å². The molecule has 0 radical (unpaired) electrons. The first-order valence-electron chi connectivity index (χ1n) is 3.63. The van der Waals surface area contributed by atoms with Crippen LogP contribution < -0.4 is 0 Å². The Kier molecular flexibility index (Phi) is 3.14. The topological polar surface area (TPSA) is 17.1 Å². The quantitative estimate of drug-likeness (QED) is 0.736. The fourth-order valence-electron chi connectivity index (χ4n) is 0.967. The molecule has 0 heterocycles. The second kappa shape index (κ2) is 3.96. The number of carbonyl (C=O) groups excluding carboxylic acids is 1. The van der Waals surface area contributed by atoms with Gasteiger partial charge in [-0.1, -0.05) is 15.9 Å². The third-order valence-electron chi connectivity index (χ3n) is 1.53. The van der Waals surface area contributed by atoms with Crippen LogP contribution in [0.2, 0.25) is 0 Å². The normalized spacial score (nSPS) is 10.2. The Morgan fingerprint density at radius 3 is 2.46 bits per heavy atom. The van der Waals surface area contributed by atoms with Crippen molar-refractivity contribution in [2.45, 2.75) is 13.3 Å². The summed E-state index contributed by atoms with van der Waals surface area (Å²) in [6, 6.07) is 2.05. The van der Waals surface area contributed by atoms with Crippen LogP contribution in [0, 0.1) is 11.6 Å². The molecule has 0 aliphatic heterocycles. The van der Waals surface area contributed by atoms with Crippen molar-refractivity contribution in [2.24, 2.45) is 0 Å². The second-order valence-electron chi connectivity index (χ2n) is 2.74. The van der Waals surface area contributed by atoms with E-state index in [0.717, 1.165) is 12.1 Å². The summed E-state index contributed by atoms with van der Waals surface area (Å²) < 4.78 is 25.7. The molecule has 0 bridgehead atoms. The van der Waals surface area contributed by atoms with Gasteiger partial charge in [-0.15, -0.1) is 0 Å². The number of hydrogen-bond acceptors (Lipinski definition) is 1. The molecule has 0 fully saturated rings. The Hall–Kier alpha value is -0.770. The molecule has 1 rings (SSSR count). The zero-order valence-electron chi connectivity index (χ0n) is 6.90. The standard InChI is InChI=1S/C9H7BrF2O/c1-5(13)2-6-3-8(11)9(12)4-7(6)10/h3-4H,2H2,1H3. The molecule has 13 heavy (non-hydrogen) atoms. The molecular formula is C9H7BrF2O. The molecule has 0 saturated carbocycles. The highest BCUT2D eigenvalue weighted by molar-refractivity contribution is 9.10. The van der Waals surface area contributed by atoms with Crippen molar-refractivity contribution in [3.63, 3.8) is 0 Å². The Labute approximate surface area is 82.9 Å². The minimum Gasteiger partial charge on any atom is -0.300 e. The van der Waals surface area contributed by atoms with Crippen LogP contribution in [-0.4, -0.2) is 5.78 Å². The van der Waals surface area contributed by atoms with Gasteiger partial charge in [0.1, 0.15) is 5.78 Å². The van der Waals surface area contributed by atoms with Gasteiger partial charge in [0, 0.05) is 10.9 Å². The fraction of sp³-hybridized carbons (Fsp3) is 0.222. The Balaban J connectivity index is 3.08. The molecule has 0 N–H and O–H groups in total. The van der Waals surface area contributed by atoms with Gasteiger partial charge in [0.2, 0.25) is 0 Å². The molecule has 70 valence electrons. The van der Waals surface area contributed by atoms with Gasteiger partial charge in [-0.2, -0.15) is 0 Å². The smallest absolute Gasteiger partial charge is 0.159 e. The first-order valence-corrected chi connectivity index (χ1v) is 4.43. The van der Waals surface area contributed by atoms with Crippen molar-refractivity contribution in [1.29, 1.82) is 0 Å². The van der Waals surface area contributed by atoms with Gasteiger partial charge in [0.15, 0.2) is 11.6 Å². The van der Waals surface area contributed by atoms with E-state index in [9.17, 15) is 13.6 Å². The summed E-state index contributed by atoms with van der Waals surface area (Å²) in [6.45, 7) is 1.40. The van der Waals surface area contributed by atoms with E-state index < -0.39 is 11.6 Å². The summed E-state index contributed by atoms with van der Waals surface area (Å²) in [7, 11) is 0. The van der Waals surface area contributed by atoms with Crippen molar-refractivity contribution in [3.05, 3.63) is 33.8 Å². The van der Waals surface area contributed by atoms with Gasteiger partial charge >= 0.3 is 0 Å². The summed E-state index contributed by atoms with van der Waals surface area (Å²) in [5.74, 6) is -1.94. The average Bonchev–Trinajstić information content (AvgIpc) is 1.99. The maximum absolute atomic E-state index is 12.7. The average molecular weight is 249 g/mol. The lowest BCUT2D eigenvalue weighted by atomic mass is 10.1. The SMILES string of the molecule is CC(=O)Cc1cc(F)c(F)cc1Br. The van der Waals surface area contributed by atoms with E-state index in [2.05, 4.69) is 15.9 Å². The number of ketones is 1. The Bertz CT molecular complexity index is 350. The lowest BCUT2D eigenvalue weighted by molar-refractivity contribution is -0.116. The van der Waals surface area contributed by atoms with Crippen LogP contribution in [0.5, 0.6) is 0 Å². The predicted molar refractivity (Wildman–Crippen MR) is 48.4 cm³/mol. The van der Waals surface area contributed by atoms with E-state index in [1.165, 1.54) is 6.92 Å². The summed E-state index contributed by atoms with van der Waals surface area (Å²) in [4.78, 5) is 10.7. The van der Waals surface area contributed by atoms with Crippen LogP contribution in [0.1, 0.15) is 12.5 Å². The number of hydrogen-bond donors (Lipinski definition) is 0. The highest BCUT2D eigenvalue weighted by Gasteiger charge is 2.09. The third kappa shape index (κ3) is 2.59. The summed E-state index contributed by atoms with van der Waals surface area (Å²) in [5, 5.41) is 0. The zero-order valence-corrected chi connectivity index (χ0v) is 8.49. The number of benzene rings is 1. The molecule has 0 unspecified atom stereocenters. The van der Waals surface area contributed by atoms with Crippen molar-refractivity contribution >= 4 is 21.7 Å². The zero-order chi connectivity index (χ0) is 10.0. The van der Waals surface area contributed by atoms with E-state index in [0.29, 0.717) is 10.0 Å². The summed E-state index contributed by atoms with van der Waals surface area (Å²) >= 11 is 3.05. The fourth-order valence-corrected chi connectivity index (χ4v) is 1.42. The molecule has 1 aromatic rings. The Morgan fingerprint density at radius 2 is 1.92 bits per heavy atom. The molecule has 0 atom stereocenters. The molecule has 0 aliphatic rings. The third-order valence-corrected chi connectivity index (χ3v) is 2.27. The number of halogens is 3. The predicted octanol–water partition coefficient (Wildman–Crippen LogP) is 2.86. The van der Waals surface area contributed by atoms with E-state index >= 15 is 0 Å². The number of Topliss-reactive ketones (excluding diaryl/α,β-unsaturated/α-hetero) is 1. The largest absolute Gasteiger partial charge is 0.300 e. The molecule has 0 aliphatic carbocycles. The molecule has 1 nitrogen and oxygen atoms in total. The lowest BCUT2D eigenvalue weighted by Crippen LogP contribution is -1.99. The molecule has 0 saturated heterocycles. The van der Waals surface area contributed by atoms with Gasteiger partial charge in [0.05, 0.1) is 0 Å². The van der Waals surface area contributed by atoms with Crippen LogP contribution in [0.4, 0.5) is 8.78 Å². The molecule has 0 spiro atoms. The molecule has 4 heteroatoms. The monoisotopic (exact) mass is 248 g/mol. The van der Waals surface area contributed by atoms with Crippen molar-refractivity contribution < 1.29 is 13.6 Å². The number of rotatable bonds is 2. The minimum atomic E-state index is -0.931. The van der Waals surface area contributed by atoms with E-state index in [4.69, 9.17) is 0 Å². The second-order valence-corrected chi connectivity index (χ2v) is 3.59. The van der Waals surface area contributed by atoms with Crippen LogP contribution in [-0.2, 0) is 11.2 Å². The number of carbonyl (C=O) groups is 1. The lowest BCUT2D eigenvalue weighted by Gasteiger charge is -2.02. The van der Waals surface area contributed by atoms with Gasteiger partial charge < -0.3 is 0 Å². The van der Waals surface area contributed by atoms with Crippen LogP contribution >= 0.6 is 15.9 Å². The summed E-state index contributed by atoms with van der Waals surface area (Å²) in [6.07, 6.45) is 0.109. The van der Waals surface area contributed by atoms with Gasteiger partial charge in [0.25, 0.3) is 0 Å². The first kappa shape index (κ1) is 10.3. The van der Waals surface area contributed by atoms with Gasteiger partial charge in [-0.3, -0.25) is 4.79 Å². The van der Waals surface area contributed by atoms with Crippen molar-refractivity contribution in [2.75, 3.05) is 0 Å². The van der Waals surface area contributed by atoms with E-state index in [-0.39, 0.29) is 12.2 Å².